The Kier molecular flexibility index (Phi) is 5.86. The molecule has 1 aromatic carbocycles. The number of hydrogen-bond acceptors (Lipinski definition) is 6. The lowest BCUT2D eigenvalue weighted by atomic mass is 10.1. The minimum Gasteiger partial charge on any atom is -0.340 e. The van der Waals surface area contributed by atoms with E-state index in [1.165, 1.54) is 22.7 Å². The summed E-state index contributed by atoms with van der Waals surface area (Å²) in [5.41, 5.74) is 2.23. The number of aryl methyl sites for hydroxylation is 2. The second kappa shape index (κ2) is 7.87. The number of aromatic nitrogens is 2. The first-order valence-corrected chi connectivity index (χ1v) is 8.26. The smallest absolute Gasteiger partial charge is 0.274 e. The molecule has 0 spiro atoms. The van der Waals surface area contributed by atoms with Crippen molar-refractivity contribution in [3.8, 4) is 0 Å². The minimum absolute atomic E-state index is 0.0162. The largest absolute Gasteiger partial charge is 0.340 e. The average Bonchev–Trinajstić information content (AvgIpc) is 2.52. The van der Waals surface area contributed by atoms with Gasteiger partial charge in [0.15, 0.2) is 5.16 Å². The van der Waals surface area contributed by atoms with E-state index in [-0.39, 0.29) is 23.9 Å². The van der Waals surface area contributed by atoms with Gasteiger partial charge in [-0.2, -0.15) is 0 Å². The van der Waals surface area contributed by atoms with E-state index in [1.54, 1.807) is 25.2 Å². The number of carbonyl (C=O) groups excluding carboxylic acids is 1. The van der Waals surface area contributed by atoms with Crippen LogP contribution in [0.2, 0.25) is 0 Å². The molecular weight excluding hydrogens is 328 g/mol. The zero-order valence-electron chi connectivity index (χ0n) is 13.7. The maximum absolute atomic E-state index is 12.3. The van der Waals surface area contributed by atoms with Gasteiger partial charge in [-0.1, -0.05) is 30.0 Å². The topological polar surface area (TPSA) is 89.2 Å². The Morgan fingerprint density at radius 3 is 2.50 bits per heavy atom. The first kappa shape index (κ1) is 17.9. The van der Waals surface area contributed by atoms with Crippen molar-refractivity contribution in [3.05, 3.63) is 57.4 Å². The van der Waals surface area contributed by atoms with E-state index < -0.39 is 4.92 Å². The van der Waals surface area contributed by atoms with Gasteiger partial charge in [-0.3, -0.25) is 14.9 Å². The Morgan fingerprint density at radius 1 is 1.25 bits per heavy atom. The molecule has 1 aromatic heterocycles. The molecule has 8 heteroatoms. The van der Waals surface area contributed by atoms with Gasteiger partial charge in [0.1, 0.15) is 0 Å². The number of nitro benzene ring substituents is 1. The second-order valence-electron chi connectivity index (χ2n) is 5.36. The number of benzene rings is 1. The fourth-order valence-electron chi connectivity index (χ4n) is 2.16. The Hall–Kier alpha value is -2.48. The van der Waals surface area contributed by atoms with E-state index in [0.29, 0.717) is 10.7 Å². The van der Waals surface area contributed by atoms with Crippen molar-refractivity contribution >= 4 is 23.4 Å². The Balaban J connectivity index is 1.99. The van der Waals surface area contributed by atoms with Gasteiger partial charge in [0.05, 0.1) is 17.2 Å². The second-order valence-corrected chi connectivity index (χ2v) is 6.30. The molecule has 0 fully saturated rings. The van der Waals surface area contributed by atoms with Gasteiger partial charge >= 0.3 is 0 Å². The van der Waals surface area contributed by atoms with Gasteiger partial charge in [0, 0.05) is 30.1 Å². The molecule has 0 unspecified atom stereocenters. The summed E-state index contributed by atoms with van der Waals surface area (Å²) in [5, 5.41) is 11.6. The molecule has 0 aliphatic heterocycles. The Morgan fingerprint density at radius 2 is 1.88 bits per heavy atom. The van der Waals surface area contributed by atoms with Crippen molar-refractivity contribution in [2.75, 3.05) is 12.8 Å². The van der Waals surface area contributed by atoms with Crippen molar-refractivity contribution in [1.82, 2.24) is 14.9 Å². The molecule has 7 nitrogen and oxygen atoms in total. The maximum atomic E-state index is 12.3. The monoisotopic (exact) mass is 346 g/mol. The molecule has 0 N–H and O–H groups in total. The van der Waals surface area contributed by atoms with E-state index >= 15 is 0 Å². The van der Waals surface area contributed by atoms with E-state index in [1.807, 2.05) is 19.9 Å². The van der Waals surface area contributed by atoms with Gasteiger partial charge in [-0.25, -0.2) is 9.97 Å². The highest BCUT2D eigenvalue weighted by molar-refractivity contribution is 7.99. The third-order valence-electron chi connectivity index (χ3n) is 3.31. The van der Waals surface area contributed by atoms with Gasteiger partial charge in [-0.05, 0) is 19.9 Å². The van der Waals surface area contributed by atoms with E-state index in [9.17, 15) is 14.9 Å². The van der Waals surface area contributed by atoms with E-state index in [0.717, 1.165) is 11.4 Å². The molecule has 2 aromatic rings. The molecule has 24 heavy (non-hydrogen) atoms. The third kappa shape index (κ3) is 4.76. The standard InChI is InChI=1S/C16H18N4O3S/c1-11-8-12(2)18-16(17-11)24-10-15(21)19(3)9-13-6-4-5-7-14(13)20(22)23/h4-8H,9-10H2,1-3H3. The highest BCUT2D eigenvalue weighted by atomic mass is 32.2. The average molecular weight is 346 g/mol. The van der Waals surface area contributed by atoms with Crippen LogP contribution in [0.1, 0.15) is 17.0 Å². The van der Waals surface area contributed by atoms with Crippen molar-refractivity contribution in [2.24, 2.45) is 0 Å². The van der Waals surface area contributed by atoms with Crippen LogP contribution in [0.15, 0.2) is 35.5 Å². The lowest BCUT2D eigenvalue weighted by molar-refractivity contribution is -0.385. The minimum atomic E-state index is -0.439. The van der Waals surface area contributed by atoms with Crippen LogP contribution < -0.4 is 0 Å². The number of carbonyl (C=O) groups is 1. The first-order valence-electron chi connectivity index (χ1n) is 7.28. The van der Waals surface area contributed by atoms with Gasteiger partial charge in [0.25, 0.3) is 5.69 Å². The van der Waals surface area contributed by atoms with Gasteiger partial charge < -0.3 is 4.90 Å². The molecule has 0 saturated carbocycles. The highest BCUT2D eigenvalue weighted by Crippen LogP contribution is 2.20. The van der Waals surface area contributed by atoms with E-state index in [4.69, 9.17) is 0 Å². The van der Waals surface area contributed by atoms with Crippen LogP contribution in [0.3, 0.4) is 0 Å². The SMILES string of the molecule is Cc1cc(C)nc(SCC(=O)N(C)Cc2ccccc2[N+](=O)[O-])n1. The molecule has 1 heterocycles. The molecule has 0 bridgehead atoms. The maximum Gasteiger partial charge on any atom is 0.274 e. The number of para-hydroxylation sites is 1. The Labute approximate surface area is 144 Å². The molecule has 126 valence electrons. The molecule has 0 atom stereocenters. The predicted molar refractivity (Wildman–Crippen MR) is 91.8 cm³/mol. The number of hydrogen-bond donors (Lipinski definition) is 0. The number of thioether (sulfide) groups is 1. The molecule has 0 radical (unpaired) electrons. The fourth-order valence-corrected chi connectivity index (χ4v) is 3.05. The lowest BCUT2D eigenvalue weighted by Gasteiger charge is -2.17. The van der Waals surface area contributed by atoms with Gasteiger partial charge in [0.2, 0.25) is 5.91 Å². The summed E-state index contributed by atoms with van der Waals surface area (Å²) in [6.07, 6.45) is 0. The molecule has 0 aliphatic rings. The summed E-state index contributed by atoms with van der Waals surface area (Å²) in [6, 6.07) is 8.29. The van der Waals surface area contributed by atoms with Crippen molar-refractivity contribution in [2.45, 2.75) is 25.5 Å². The van der Waals surface area contributed by atoms with Crippen LogP contribution in [-0.2, 0) is 11.3 Å². The summed E-state index contributed by atoms with van der Waals surface area (Å²) >= 11 is 1.26. The zero-order chi connectivity index (χ0) is 17.7. The third-order valence-corrected chi connectivity index (χ3v) is 4.14. The molecule has 1 amide bonds. The van der Waals surface area contributed by atoms with Crippen molar-refractivity contribution < 1.29 is 9.72 Å². The van der Waals surface area contributed by atoms with Crippen LogP contribution in [0.5, 0.6) is 0 Å². The van der Waals surface area contributed by atoms with Crippen molar-refractivity contribution in [3.63, 3.8) is 0 Å². The molecule has 2 rings (SSSR count). The summed E-state index contributed by atoms with van der Waals surface area (Å²) in [7, 11) is 1.63. The van der Waals surface area contributed by atoms with Crippen LogP contribution in [-0.4, -0.2) is 38.5 Å². The van der Waals surface area contributed by atoms with Crippen LogP contribution in [0, 0.1) is 24.0 Å². The number of nitrogens with zero attached hydrogens (tertiary/aromatic N) is 4. The zero-order valence-corrected chi connectivity index (χ0v) is 14.5. The van der Waals surface area contributed by atoms with Crippen LogP contribution in [0.25, 0.3) is 0 Å². The molecule has 0 aliphatic carbocycles. The fraction of sp³-hybridized carbons (Fsp3) is 0.312. The molecular formula is C16H18N4O3S. The van der Waals surface area contributed by atoms with Crippen molar-refractivity contribution in [1.29, 1.82) is 0 Å². The lowest BCUT2D eigenvalue weighted by Crippen LogP contribution is -2.28. The van der Waals surface area contributed by atoms with Gasteiger partial charge in [-0.15, -0.1) is 0 Å². The number of rotatable bonds is 6. The first-order chi connectivity index (χ1) is 11.4. The Bertz CT molecular complexity index is 746. The van der Waals surface area contributed by atoms with Crippen LogP contribution in [0.4, 0.5) is 5.69 Å². The number of nitro groups is 1. The predicted octanol–water partition coefficient (Wildman–Crippen LogP) is 2.75. The van der Waals surface area contributed by atoms with E-state index in [2.05, 4.69) is 9.97 Å². The summed E-state index contributed by atoms with van der Waals surface area (Å²) in [6.45, 7) is 3.94. The normalized spacial score (nSPS) is 10.5. The number of amides is 1. The van der Waals surface area contributed by atoms with Crippen LogP contribution >= 0.6 is 11.8 Å². The summed E-state index contributed by atoms with van der Waals surface area (Å²) in [5.74, 6) is 0.0425. The molecule has 0 saturated heterocycles. The highest BCUT2D eigenvalue weighted by Gasteiger charge is 2.17. The summed E-state index contributed by atoms with van der Waals surface area (Å²) < 4.78 is 0. The quantitative estimate of drug-likeness (QED) is 0.346. The summed E-state index contributed by atoms with van der Waals surface area (Å²) in [4.78, 5) is 32.9.